The number of benzene rings is 2. The molecule has 0 aliphatic carbocycles. The van der Waals surface area contributed by atoms with E-state index in [1.54, 1.807) is 17.0 Å². The van der Waals surface area contributed by atoms with Crippen molar-refractivity contribution in [1.82, 2.24) is 9.55 Å². The van der Waals surface area contributed by atoms with E-state index in [0.29, 0.717) is 17.1 Å². The number of aryl methyl sites for hydroxylation is 2. The van der Waals surface area contributed by atoms with E-state index >= 15 is 0 Å². The summed E-state index contributed by atoms with van der Waals surface area (Å²) in [6.07, 6.45) is 0. The number of fused-ring (bicyclic) bond motifs is 1. The maximum Gasteiger partial charge on any atom is 0.148 e. The fraction of sp³-hybridized carbons (Fsp3) is 0.158. The lowest BCUT2D eigenvalue weighted by Gasteiger charge is -2.18. The van der Waals surface area contributed by atoms with Gasteiger partial charge in [-0.15, -0.1) is 0 Å². The lowest BCUT2D eigenvalue weighted by atomic mass is 10.2. The molecule has 2 aromatic carbocycles. The first-order valence-electron chi connectivity index (χ1n) is 7.93. The van der Waals surface area contributed by atoms with Gasteiger partial charge in [-0.3, -0.25) is 5.41 Å². The highest BCUT2D eigenvalue weighted by molar-refractivity contribution is 6.30. The van der Waals surface area contributed by atoms with Crippen molar-refractivity contribution in [2.24, 2.45) is 7.05 Å². The first-order valence-corrected chi connectivity index (χ1v) is 7.93. The van der Waals surface area contributed by atoms with Crippen LogP contribution in [0.3, 0.4) is 0 Å². The molecule has 3 aromatic rings. The molecule has 0 atom stereocenters. The molecule has 25 heavy (non-hydrogen) atoms. The summed E-state index contributed by atoms with van der Waals surface area (Å²) in [5.41, 5.74) is 3.74. The van der Waals surface area contributed by atoms with Crippen LogP contribution in [-0.4, -0.2) is 27.0 Å². The van der Waals surface area contributed by atoms with Crippen LogP contribution in [0.2, 0.25) is 0 Å². The Kier molecular flexibility index (Phi) is 3.35. The minimum atomic E-state index is -0.378. The zero-order valence-corrected chi connectivity index (χ0v) is 13.9. The number of aliphatic hydroxyl groups is 1. The second-order valence-corrected chi connectivity index (χ2v) is 6.22. The van der Waals surface area contributed by atoms with Gasteiger partial charge >= 0.3 is 0 Å². The number of nitrogens with one attached hydrogen (secondary N) is 1. The molecule has 0 amide bonds. The summed E-state index contributed by atoms with van der Waals surface area (Å²) in [4.78, 5) is 6.17. The van der Waals surface area contributed by atoms with Gasteiger partial charge in [0.05, 0.1) is 23.2 Å². The molecular weight excluding hydrogens is 319 g/mol. The summed E-state index contributed by atoms with van der Waals surface area (Å²) >= 11 is 0. The molecule has 2 heterocycles. The lowest BCUT2D eigenvalue weighted by molar-refractivity contribution is 0.411. The van der Waals surface area contributed by atoms with Gasteiger partial charge in [0.1, 0.15) is 23.2 Å². The predicted octanol–water partition coefficient (Wildman–Crippen LogP) is 3.79. The van der Waals surface area contributed by atoms with E-state index < -0.39 is 0 Å². The van der Waals surface area contributed by atoms with Crippen LogP contribution in [0.4, 0.5) is 10.1 Å². The fourth-order valence-electron chi connectivity index (χ4n) is 3.21. The normalized spacial score (nSPS) is 14.8. The van der Waals surface area contributed by atoms with Crippen LogP contribution in [0.5, 0.6) is 0 Å². The third kappa shape index (κ3) is 2.38. The minimum absolute atomic E-state index is 0.0596. The Morgan fingerprint density at radius 1 is 1.20 bits per heavy atom. The van der Waals surface area contributed by atoms with E-state index in [0.717, 1.165) is 16.6 Å². The van der Waals surface area contributed by atoms with E-state index in [1.807, 2.05) is 36.7 Å². The van der Waals surface area contributed by atoms with Crippen LogP contribution in [0.1, 0.15) is 11.4 Å². The largest absolute Gasteiger partial charge is 0.509 e. The molecule has 0 saturated heterocycles. The standard InChI is InChI=1S/C19H17FN4O/c1-11-6-7-15-14(8-11)22-19(23(15)2)17-16(25)10-24(18(17)21)13-5-3-4-12(20)9-13/h3-9,21,25H,10H2,1-2H3. The van der Waals surface area contributed by atoms with Gasteiger partial charge in [0.2, 0.25) is 0 Å². The highest BCUT2D eigenvalue weighted by Gasteiger charge is 2.32. The van der Waals surface area contributed by atoms with E-state index in [2.05, 4.69) is 4.98 Å². The topological polar surface area (TPSA) is 65.1 Å². The maximum absolute atomic E-state index is 13.5. The van der Waals surface area contributed by atoms with E-state index in [1.165, 1.54) is 12.1 Å². The number of aromatic nitrogens is 2. The molecule has 126 valence electrons. The van der Waals surface area contributed by atoms with Crippen LogP contribution in [-0.2, 0) is 7.05 Å². The summed E-state index contributed by atoms with van der Waals surface area (Å²) in [5.74, 6) is 0.320. The van der Waals surface area contributed by atoms with E-state index in [-0.39, 0.29) is 24.0 Å². The molecule has 6 heteroatoms. The Hall–Kier alpha value is -3.15. The molecule has 0 spiro atoms. The Bertz CT molecular complexity index is 1050. The second-order valence-electron chi connectivity index (χ2n) is 6.22. The molecule has 2 N–H and O–H groups in total. The highest BCUT2D eigenvalue weighted by atomic mass is 19.1. The predicted molar refractivity (Wildman–Crippen MR) is 96.5 cm³/mol. The maximum atomic E-state index is 13.5. The Morgan fingerprint density at radius 3 is 2.76 bits per heavy atom. The van der Waals surface area contributed by atoms with Gasteiger partial charge in [-0.2, -0.15) is 0 Å². The Labute approximate surface area is 144 Å². The van der Waals surface area contributed by atoms with Gasteiger partial charge in [0.25, 0.3) is 0 Å². The smallest absolute Gasteiger partial charge is 0.148 e. The van der Waals surface area contributed by atoms with Gasteiger partial charge in [0.15, 0.2) is 0 Å². The number of nitrogens with zero attached hydrogens (tertiary/aromatic N) is 3. The van der Waals surface area contributed by atoms with Gasteiger partial charge < -0.3 is 14.6 Å². The quantitative estimate of drug-likeness (QED) is 0.748. The molecule has 0 unspecified atom stereocenters. The number of anilines is 1. The molecule has 0 radical (unpaired) electrons. The monoisotopic (exact) mass is 336 g/mol. The number of hydrogen-bond donors (Lipinski definition) is 2. The number of rotatable bonds is 2. The second kappa shape index (κ2) is 5.44. The Balaban J connectivity index is 1.79. The van der Waals surface area contributed by atoms with Crippen LogP contribution in [0.25, 0.3) is 16.6 Å². The molecular formula is C19H17FN4O. The van der Waals surface area contributed by atoms with Crippen molar-refractivity contribution in [3.05, 3.63) is 65.4 Å². The number of hydrogen-bond acceptors (Lipinski definition) is 3. The molecule has 0 fully saturated rings. The average Bonchev–Trinajstić information content (AvgIpc) is 3.04. The molecule has 0 bridgehead atoms. The average molecular weight is 336 g/mol. The number of halogens is 1. The van der Waals surface area contributed by atoms with Crippen molar-refractivity contribution in [3.63, 3.8) is 0 Å². The number of imidazole rings is 1. The van der Waals surface area contributed by atoms with Crippen molar-refractivity contribution in [1.29, 1.82) is 5.41 Å². The van der Waals surface area contributed by atoms with E-state index in [4.69, 9.17) is 5.41 Å². The first-order chi connectivity index (χ1) is 12.0. The number of amidine groups is 1. The molecule has 1 aliphatic heterocycles. The molecule has 1 aromatic heterocycles. The fourth-order valence-corrected chi connectivity index (χ4v) is 3.21. The van der Waals surface area contributed by atoms with Crippen LogP contribution >= 0.6 is 0 Å². The third-order valence-corrected chi connectivity index (χ3v) is 4.48. The van der Waals surface area contributed by atoms with Crippen molar-refractivity contribution >= 4 is 28.1 Å². The summed E-state index contributed by atoms with van der Waals surface area (Å²) in [6.45, 7) is 2.12. The number of aliphatic hydroxyl groups excluding tert-OH is 1. The first kappa shape index (κ1) is 15.4. The van der Waals surface area contributed by atoms with Crippen molar-refractivity contribution in [2.45, 2.75) is 6.92 Å². The van der Waals surface area contributed by atoms with Gasteiger partial charge in [-0.25, -0.2) is 9.37 Å². The van der Waals surface area contributed by atoms with Crippen LogP contribution in [0.15, 0.2) is 48.2 Å². The molecule has 0 saturated carbocycles. The zero-order valence-electron chi connectivity index (χ0n) is 13.9. The highest BCUT2D eigenvalue weighted by Crippen LogP contribution is 2.32. The SMILES string of the molecule is Cc1ccc2c(c1)nc(C1=C(O)CN(c3cccc(F)c3)C1=N)n2C. The summed E-state index contributed by atoms with van der Waals surface area (Å²) < 4.78 is 15.4. The minimum Gasteiger partial charge on any atom is -0.509 e. The van der Waals surface area contributed by atoms with Crippen molar-refractivity contribution < 1.29 is 9.50 Å². The summed E-state index contributed by atoms with van der Waals surface area (Å²) in [5, 5.41) is 19.0. The van der Waals surface area contributed by atoms with Crippen molar-refractivity contribution in [2.75, 3.05) is 11.4 Å². The van der Waals surface area contributed by atoms with Crippen LogP contribution < -0.4 is 4.90 Å². The van der Waals surface area contributed by atoms with Crippen molar-refractivity contribution in [3.8, 4) is 0 Å². The molecule has 1 aliphatic rings. The van der Waals surface area contributed by atoms with Gasteiger partial charge in [0, 0.05) is 12.7 Å². The van der Waals surface area contributed by atoms with Gasteiger partial charge in [-0.1, -0.05) is 12.1 Å². The third-order valence-electron chi connectivity index (χ3n) is 4.48. The van der Waals surface area contributed by atoms with E-state index in [9.17, 15) is 9.50 Å². The lowest BCUT2D eigenvalue weighted by Crippen LogP contribution is -2.26. The summed E-state index contributed by atoms with van der Waals surface area (Å²) in [7, 11) is 1.86. The van der Waals surface area contributed by atoms with Crippen LogP contribution in [0, 0.1) is 18.2 Å². The molecule has 5 nitrogen and oxygen atoms in total. The summed E-state index contributed by atoms with van der Waals surface area (Å²) in [6, 6.07) is 12.0. The van der Waals surface area contributed by atoms with Gasteiger partial charge in [-0.05, 0) is 42.8 Å². The zero-order chi connectivity index (χ0) is 17.7. The molecule has 4 rings (SSSR count). The Morgan fingerprint density at radius 2 is 2.00 bits per heavy atom.